The zero-order valence-electron chi connectivity index (χ0n) is 13.5. The number of carboxylic acid groups (broad SMARTS) is 1. The van der Waals surface area contributed by atoms with Crippen molar-refractivity contribution in [1.82, 2.24) is 15.1 Å². The lowest BCUT2D eigenvalue weighted by molar-refractivity contribution is -0.144. The summed E-state index contributed by atoms with van der Waals surface area (Å²) in [6.07, 6.45) is 4.12. The average molecular weight is 285 g/mol. The van der Waals surface area contributed by atoms with Gasteiger partial charge in [-0.15, -0.1) is 0 Å². The molecule has 5 nitrogen and oxygen atoms in total. The number of likely N-dealkylation sites (tertiary alicyclic amines) is 1. The molecule has 1 fully saturated rings. The molecular weight excluding hydrogens is 254 g/mol. The topological polar surface area (TPSA) is 55.8 Å². The fourth-order valence-electron chi connectivity index (χ4n) is 2.75. The first-order valence-electron chi connectivity index (χ1n) is 7.76. The van der Waals surface area contributed by atoms with Gasteiger partial charge in [0.25, 0.3) is 0 Å². The van der Waals surface area contributed by atoms with E-state index in [1.54, 1.807) is 6.92 Å². The SMILES string of the molecule is CCCNC(C)(CCN(C)CC1CCCN1C)C(=O)O. The summed E-state index contributed by atoms with van der Waals surface area (Å²) in [4.78, 5) is 16.1. The number of carbonyl (C=O) groups is 1. The van der Waals surface area contributed by atoms with E-state index in [4.69, 9.17) is 0 Å². The third kappa shape index (κ3) is 5.04. The number of nitrogens with one attached hydrogen (secondary N) is 1. The second-order valence-corrected chi connectivity index (χ2v) is 6.35. The van der Waals surface area contributed by atoms with Gasteiger partial charge in [0.05, 0.1) is 0 Å². The van der Waals surface area contributed by atoms with Crippen LogP contribution in [0.25, 0.3) is 0 Å². The molecule has 0 aliphatic carbocycles. The third-order valence-corrected chi connectivity index (χ3v) is 4.42. The van der Waals surface area contributed by atoms with Gasteiger partial charge in [-0.2, -0.15) is 0 Å². The van der Waals surface area contributed by atoms with Crippen LogP contribution in [0.15, 0.2) is 0 Å². The van der Waals surface area contributed by atoms with Crippen LogP contribution in [0.4, 0.5) is 0 Å². The third-order valence-electron chi connectivity index (χ3n) is 4.42. The molecule has 0 spiro atoms. The predicted molar refractivity (Wildman–Crippen MR) is 82.1 cm³/mol. The molecule has 2 unspecified atom stereocenters. The van der Waals surface area contributed by atoms with Crippen LogP contribution in [0.1, 0.15) is 39.5 Å². The molecule has 0 aromatic heterocycles. The van der Waals surface area contributed by atoms with Gasteiger partial charge in [0.2, 0.25) is 0 Å². The molecule has 0 amide bonds. The van der Waals surface area contributed by atoms with Gasteiger partial charge in [0, 0.05) is 19.1 Å². The first-order chi connectivity index (χ1) is 9.39. The van der Waals surface area contributed by atoms with Crippen LogP contribution in [-0.2, 0) is 4.79 Å². The van der Waals surface area contributed by atoms with Crippen molar-refractivity contribution >= 4 is 5.97 Å². The number of carboxylic acids is 1. The van der Waals surface area contributed by atoms with Gasteiger partial charge >= 0.3 is 5.97 Å². The lowest BCUT2D eigenvalue weighted by Crippen LogP contribution is -2.51. The van der Waals surface area contributed by atoms with Crippen LogP contribution in [0.5, 0.6) is 0 Å². The van der Waals surface area contributed by atoms with Crippen LogP contribution in [-0.4, -0.2) is 72.7 Å². The fraction of sp³-hybridized carbons (Fsp3) is 0.933. The van der Waals surface area contributed by atoms with Gasteiger partial charge in [0.1, 0.15) is 5.54 Å². The van der Waals surface area contributed by atoms with Crippen LogP contribution < -0.4 is 5.32 Å². The van der Waals surface area contributed by atoms with E-state index in [9.17, 15) is 9.90 Å². The minimum absolute atomic E-state index is 0.625. The molecule has 2 atom stereocenters. The van der Waals surface area contributed by atoms with Crippen LogP contribution >= 0.6 is 0 Å². The molecule has 5 heteroatoms. The second kappa shape index (κ2) is 7.96. The van der Waals surface area contributed by atoms with E-state index in [0.717, 1.165) is 26.1 Å². The van der Waals surface area contributed by atoms with Crippen molar-refractivity contribution in [2.75, 3.05) is 40.3 Å². The summed E-state index contributed by atoms with van der Waals surface area (Å²) in [5, 5.41) is 12.6. The zero-order chi connectivity index (χ0) is 15.2. The largest absolute Gasteiger partial charge is 0.480 e. The van der Waals surface area contributed by atoms with Crippen LogP contribution in [0, 0.1) is 0 Å². The van der Waals surface area contributed by atoms with E-state index >= 15 is 0 Å². The molecular formula is C15H31N3O2. The number of aliphatic carboxylic acids is 1. The molecule has 0 aromatic rings. The van der Waals surface area contributed by atoms with Gasteiger partial charge < -0.3 is 20.2 Å². The quantitative estimate of drug-likeness (QED) is 0.668. The Labute approximate surface area is 123 Å². The average Bonchev–Trinajstić information content (AvgIpc) is 2.79. The lowest BCUT2D eigenvalue weighted by Gasteiger charge is -2.30. The summed E-state index contributed by atoms with van der Waals surface area (Å²) in [7, 11) is 4.27. The van der Waals surface area contributed by atoms with Crippen LogP contribution in [0.2, 0.25) is 0 Å². The summed E-state index contributed by atoms with van der Waals surface area (Å²) < 4.78 is 0. The molecule has 0 aromatic carbocycles. The minimum atomic E-state index is -0.814. The van der Waals surface area contributed by atoms with Crippen molar-refractivity contribution in [2.24, 2.45) is 0 Å². The number of nitrogens with zero attached hydrogens (tertiary/aromatic N) is 2. The summed E-state index contributed by atoms with van der Waals surface area (Å²) in [6, 6.07) is 0.625. The van der Waals surface area contributed by atoms with Crippen molar-refractivity contribution in [3.8, 4) is 0 Å². The molecule has 1 heterocycles. The molecule has 1 saturated heterocycles. The Kier molecular flexibility index (Phi) is 6.92. The van der Waals surface area contributed by atoms with E-state index in [1.165, 1.54) is 19.4 Å². The fourth-order valence-corrected chi connectivity index (χ4v) is 2.75. The van der Waals surface area contributed by atoms with E-state index in [2.05, 4.69) is 36.1 Å². The van der Waals surface area contributed by atoms with E-state index < -0.39 is 11.5 Å². The molecule has 0 bridgehead atoms. The molecule has 1 aliphatic heterocycles. The summed E-state index contributed by atoms with van der Waals surface area (Å²) >= 11 is 0. The highest BCUT2D eigenvalue weighted by Crippen LogP contribution is 2.16. The lowest BCUT2D eigenvalue weighted by atomic mass is 9.97. The Morgan fingerprint density at radius 2 is 2.25 bits per heavy atom. The second-order valence-electron chi connectivity index (χ2n) is 6.35. The maximum atomic E-state index is 11.4. The first-order valence-corrected chi connectivity index (χ1v) is 7.76. The highest BCUT2D eigenvalue weighted by Gasteiger charge is 2.32. The van der Waals surface area contributed by atoms with Gasteiger partial charge in [0.15, 0.2) is 0 Å². The number of hydrogen-bond acceptors (Lipinski definition) is 4. The highest BCUT2D eigenvalue weighted by atomic mass is 16.4. The maximum Gasteiger partial charge on any atom is 0.323 e. The zero-order valence-corrected chi connectivity index (χ0v) is 13.5. The predicted octanol–water partition coefficient (Wildman–Crippen LogP) is 1.25. The minimum Gasteiger partial charge on any atom is -0.480 e. The number of rotatable bonds is 9. The number of hydrogen-bond donors (Lipinski definition) is 2. The molecule has 20 heavy (non-hydrogen) atoms. The molecule has 1 rings (SSSR count). The van der Waals surface area contributed by atoms with Crippen LogP contribution in [0.3, 0.4) is 0 Å². The van der Waals surface area contributed by atoms with Gasteiger partial charge in [-0.05, 0) is 59.8 Å². The maximum absolute atomic E-state index is 11.4. The van der Waals surface area contributed by atoms with Gasteiger partial charge in [-0.3, -0.25) is 4.79 Å². The van der Waals surface area contributed by atoms with Crippen molar-refractivity contribution in [3.05, 3.63) is 0 Å². The number of likely N-dealkylation sites (N-methyl/N-ethyl adjacent to an activating group) is 2. The van der Waals surface area contributed by atoms with Gasteiger partial charge in [-0.25, -0.2) is 0 Å². The van der Waals surface area contributed by atoms with Crippen molar-refractivity contribution in [3.63, 3.8) is 0 Å². The molecule has 118 valence electrons. The standard InChI is InChI=1S/C15H31N3O2/c1-5-9-16-15(2,14(19)20)8-11-17(3)12-13-7-6-10-18(13)4/h13,16H,5-12H2,1-4H3,(H,19,20). The molecule has 1 aliphatic rings. The van der Waals surface area contributed by atoms with E-state index in [-0.39, 0.29) is 0 Å². The van der Waals surface area contributed by atoms with Crippen molar-refractivity contribution in [2.45, 2.75) is 51.1 Å². The van der Waals surface area contributed by atoms with Crippen molar-refractivity contribution in [1.29, 1.82) is 0 Å². The monoisotopic (exact) mass is 285 g/mol. The molecule has 2 N–H and O–H groups in total. The summed E-state index contributed by atoms with van der Waals surface area (Å²) in [6.45, 7) is 7.61. The first kappa shape index (κ1) is 17.4. The van der Waals surface area contributed by atoms with Crippen molar-refractivity contribution < 1.29 is 9.90 Å². The Bertz CT molecular complexity index is 311. The Morgan fingerprint density at radius 1 is 1.55 bits per heavy atom. The van der Waals surface area contributed by atoms with Gasteiger partial charge in [-0.1, -0.05) is 6.92 Å². The Balaban J connectivity index is 2.40. The van der Waals surface area contributed by atoms with E-state index in [1.807, 2.05) is 0 Å². The molecule has 0 saturated carbocycles. The Hall–Kier alpha value is -0.650. The highest BCUT2D eigenvalue weighted by molar-refractivity contribution is 5.78. The Morgan fingerprint density at radius 3 is 2.75 bits per heavy atom. The normalized spacial score (nSPS) is 23.1. The smallest absolute Gasteiger partial charge is 0.323 e. The summed E-state index contributed by atoms with van der Waals surface area (Å²) in [5.74, 6) is -0.752. The molecule has 0 radical (unpaired) electrons. The van der Waals surface area contributed by atoms with E-state index in [0.29, 0.717) is 12.5 Å². The summed E-state index contributed by atoms with van der Waals surface area (Å²) in [5.41, 5.74) is -0.814.